The van der Waals surface area contributed by atoms with Crippen molar-refractivity contribution in [3.8, 4) is 0 Å². The van der Waals surface area contributed by atoms with Crippen LogP contribution in [0.1, 0.15) is 37.0 Å². The van der Waals surface area contributed by atoms with Crippen molar-refractivity contribution in [2.75, 3.05) is 6.54 Å². The zero-order valence-electron chi connectivity index (χ0n) is 12.1. The van der Waals surface area contributed by atoms with E-state index in [0.29, 0.717) is 24.9 Å². The summed E-state index contributed by atoms with van der Waals surface area (Å²) >= 11 is 3.32. The Kier molecular flexibility index (Phi) is 4.93. The smallest absolute Gasteiger partial charge is 0.232 e. The number of carbonyl (C=O) groups excluding carboxylic acids is 3. The number of Topliss-reactive ketones (excluding diaryl/α,β-unsaturated/α-hetero) is 1. The molecule has 112 valence electrons. The van der Waals surface area contributed by atoms with E-state index in [0.717, 1.165) is 4.47 Å². The highest BCUT2D eigenvalue weighted by atomic mass is 79.9. The van der Waals surface area contributed by atoms with Crippen molar-refractivity contribution in [1.29, 1.82) is 0 Å². The van der Waals surface area contributed by atoms with Gasteiger partial charge in [-0.05, 0) is 18.6 Å². The van der Waals surface area contributed by atoms with Gasteiger partial charge in [0, 0.05) is 34.8 Å². The molecule has 1 aliphatic heterocycles. The van der Waals surface area contributed by atoms with Gasteiger partial charge in [0.1, 0.15) is 0 Å². The van der Waals surface area contributed by atoms with Crippen molar-refractivity contribution in [1.82, 2.24) is 4.90 Å². The van der Waals surface area contributed by atoms with E-state index in [9.17, 15) is 14.4 Å². The van der Waals surface area contributed by atoms with Crippen molar-refractivity contribution >= 4 is 33.5 Å². The predicted octanol–water partition coefficient (Wildman–Crippen LogP) is 3.05. The minimum absolute atomic E-state index is 0.0303. The standard InChI is InChI=1S/C16H18BrNO3/c1-10-11(2)16(21)18(15(10)20)9-3-4-14(19)12-5-7-13(17)8-6-12/h5-8,10-11H,3-4,9H2,1-2H3. The van der Waals surface area contributed by atoms with Gasteiger partial charge in [-0.25, -0.2) is 0 Å². The number of hydrogen-bond acceptors (Lipinski definition) is 3. The molecular formula is C16H18BrNO3. The Bertz CT molecular complexity index is 547. The van der Waals surface area contributed by atoms with Crippen LogP contribution in [-0.4, -0.2) is 29.0 Å². The highest BCUT2D eigenvalue weighted by Gasteiger charge is 2.41. The van der Waals surface area contributed by atoms with Crippen LogP contribution in [0.2, 0.25) is 0 Å². The molecule has 0 N–H and O–H groups in total. The number of carbonyl (C=O) groups is 3. The number of likely N-dealkylation sites (tertiary alicyclic amines) is 1. The van der Waals surface area contributed by atoms with E-state index in [4.69, 9.17) is 0 Å². The maximum atomic E-state index is 12.0. The first-order valence-electron chi connectivity index (χ1n) is 7.06. The lowest BCUT2D eigenvalue weighted by atomic mass is 10.00. The molecule has 0 aromatic heterocycles. The first kappa shape index (κ1) is 15.9. The Hall–Kier alpha value is -1.49. The van der Waals surface area contributed by atoms with Crippen LogP contribution in [0.15, 0.2) is 28.7 Å². The zero-order chi connectivity index (χ0) is 15.6. The fourth-order valence-electron chi connectivity index (χ4n) is 2.43. The fourth-order valence-corrected chi connectivity index (χ4v) is 2.69. The molecule has 1 aromatic carbocycles. The third kappa shape index (κ3) is 3.40. The molecular weight excluding hydrogens is 334 g/mol. The minimum atomic E-state index is -0.250. The molecule has 0 radical (unpaired) electrons. The Balaban J connectivity index is 1.87. The van der Waals surface area contributed by atoms with E-state index in [1.165, 1.54) is 4.90 Å². The molecule has 0 saturated carbocycles. The van der Waals surface area contributed by atoms with E-state index < -0.39 is 0 Å². The maximum absolute atomic E-state index is 12.0. The number of hydrogen-bond donors (Lipinski definition) is 0. The second-order valence-corrected chi connectivity index (χ2v) is 6.35. The summed E-state index contributed by atoms with van der Waals surface area (Å²) in [4.78, 5) is 37.2. The lowest BCUT2D eigenvalue weighted by Gasteiger charge is -2.13. The summed E-state index contributed by atoms with van der Waals surface area (Å²) in [6, 6.07) is 7.18. The van der Waals surface area contributed by atoms with Gasteiger partial charge in [0.2, 0.25) is 11.8 Å². The molecule has 1 saturated heterocycles. The molecule has 0 spiro atoms. The van der Waals surface area contributed by atoms with Crippen LogP contribution in [0, 0.1) is 11.8 Å². The molecule has 2 atom stereocenters. The van der Waals surface area contributed by atoms with Crippen molar-refractivity contribution in [3.05, 3.63) is 34.3 Å². The largest absolute Gasteiger partial charge is 0.294 e. The summed E-state index contributed by atoms with van der Waals surface area (Å²) in [6.07, 6.45) is 0.841. The minimum Gasteiger partial charge on any atom is -0.294 e. The van der Waals surface area contributed by atoms with Gasteiger partial charge in [-0.1, -0.05) is 41.9 Å². The fraction of sp³-hybridized carbons (Fsp3) is 0.438. The van der Waals surface area contributed by atoms with E-state index >= 15 is 0 Å². The topological polar surface area (TPSA) is 54.5 Å². The van der Waals surface area contributed by atoms with Gasteiger partial charge in [0.05, 0.1) is 0 Å². The van der Waals surface area contributed by atoms with Crippen LogP contribution in [0.4, 0.5) is 0 Å². The number of benzene rings is 1. The molecule has 21 heavy (non-hydrogen) atoms. The van der Waals surface area contributed by atoms with Crippen molar-refractivity contribution < 1.29 is 14.4 Å². The number of imide groups is 1. The highest BCUT2D eigenvalue weighted by Crippen LogP contribution is 2.25. The van der Waals surface area contributed by atoms with Crippen LogP contribution in [0.3, 0.4) is 0 Å². The summed E-state index contributed by atoms with van der Waals surface area (Å²) < 4.78 is 0.926. The van der Waals surface area contributed by atoms with E-state index in [1.54, 1.807) is 26.0 Å². The second kappa shape index (κ2) is 6.52. The van der Waals surface area contributed by atoms with Gasteiger partial charge in [-0.3, -0.25) is 19.3 Å². The van der Waals surface area contributed by atoms with Crippen molar-refractivity contribution in [2.45, 2.75) is 26.7 Å². The van der Waals surface area contributed by atoms with Crippen LogP contribution in [0.25, 0.3) is 0 Å². The number of rotatable bonds is 5. The third-order valence-corrected chi connectivity index (χ3v) is 4.54. The number of halogens is 1. The summed E-state index contributed by atoms with van der Waals surface area (Å²) in [5.74, 6) is -0.714. The Labute approximate surface area is 132 Å². The van der Waals surface area contributed by atoms with Crippen LogP contribution in [0.5, 0.6) is 0 Å². The summed E-state index contributed by atoms with van der Waals surface area (Å²) in [7, 11) is 0. The lowest BCUT2D eigenvalue weighted by Crippen LogP contribution is -2.32. The van der Waals surface area contributed by atoms with E-state index in [1.807, 2.05) is 12.1 Å². The number of nitrogens with zero attached hydrogens (tertiary/aromatic N) is 1. The average Bonchev–Trinajstić information content (AvgIpc) is 2.65. The van der Waals surface area contributed by atoms with E-state index in [2.05, 4.69) is 15.9 Å². The molecule has 4 nitrogen and oxygen atoms in total. The monoisotopic (exact) mass is 351 g/mol. The van der Waals surface area contributed by atoms with Gasteiger partial charge >= 0.3 is 0 Å². The maximum Gasteiger partial charge on any atom is 0.232 e. The van der Waals surface area contributed by atoms with Gasteiger partial charge < -0.3 is 0 Å². The van der Waals surface area contributed by atoms with Gasteiger partial charge in [-0.2, -0.15) is 0 Å². The SMILES string of the molecule is CC1C(=O)N(CCCC(=O)c2ccc(Br)cc2)C(=O)C1C. The van der Waals surface area contributed by atoms with Crippen molar-refractivity contribution in [2.24, 2.45) is 11.8 Å². The molecule has 1 heterocycles. The molecule has 0 aliphatic carbocycles. The summed E-state index contributed by atoms with van der Waals surface area (Å²) in [5, 5.41) is 0. The molecule has 2 rings (SSSR count). The first-order chi connectivity index (χ1) is 9.91. The first-order valence-corrected chi connectivity index (χ1v) is 7.85. The molecule has 1 aliphatic rings. The molecule has 1 fully saturated rings. The highest BCUT2D eigenvalue weighted by molar-refractivity contribution is 9.10. The van der Waals surface area contributed by atoms with Gasteiger partial charge in [0.15, 0.2) is 5.78 Å². The van der Waals surface area contributed by atoms with Gasteiger partial charge in [0.25, 0.3) is 0 Å². The Morgan fingerprint density at radius 1 is 1.10 bits per heavy atom. The predicted molar refractivity (Wildman–Crippen MR) is 82.8 cm³/mol. The quantitative estimate of drug-likeness (QED) is 0.605. The molecule has 0 bridgehead atoms. The molecule has 1 aromatic rings. The van der Waals surface area contributed by atoms with Crippen LogP contribution >= 0.6 is 15.9 Å². The van der Waals surface area contributed by atoms with Crippen LogP contribution < -0.4 is 0 Å². The zero-order valence-corrected chi connectivity index (χ0v) is 13.7. The molecule has 2 amide bonds. The Morgan fingerprint density at radius 3 is 2.14 bits per heavy atom. The Morgan fingerprint density at radius 2 is 1.62 bits per heavy atom. The number of amides is 2. The van der Waals surface area contributed by atoms with Crippen LogP contribution in [-0.2, 0) is 9.59 Å². The summed E-state index contributed by atoms with van der Waals surface area (Å²) in [5.41, 5.74) is 0.652. The molecule has 5 heteroatoms. The molecule has 2 unspecified atom stereocenters. The normalized spacial score (nSPS) is 22.0. The number of ketones is 1. The third-order valence-electron chi connectivity index (χ3n) is 4.01. The summed E-state index contributed by atoms with van der Waals surface area (Å²) in [6.45, 7) is 3.88. The van der Waals surface area contributed by atoms with Crippen molar-refractivity contribution in [3.63, 3.8) is 0 Å². The van der Waals surface area contributed by atoms with E-state index in [-0.39, 0.29) is 29.4 Å². The second-order valence-electron chi connectivity index (χ2n) is 5.44. The lowest BCUT2D eigenvalue weighted by molar-refractivity contribution is -0.139. The van der Waals surface area contributed by atoms with Gasteiger partial charge in [-0.15, -0.1) is 0 Å². The average molecular weight is 352 g/mol.